The van der Waals surface area contributed by atoms with Gasteiger partial charge in [0.1, 0.15) is 0 Å². The predicted molar refractivity (Wildman–Crippen MR) is 120 cm³/mol. The van der Waals surface area contributed by atoms with Gasteiger partial charge in [-0.15, -0.1) is 0 Å². The van der Waals surface area contributed by atoms with Crippen LogP contribution in [0.15, 0.2) is 12.2 Å². The number of carbonyl (C=O) groups excluding carboxylic acids is 1. The number of methoxy groups -OCH3 is 1. The van der Waals surface area contributed by atoms with Crippen molar-refractivity contribution < 1.29 is 14.6 Å². The molecular weight excluding hydrogens is 336 g/mol. The SMILES string of the molecule is CC.CCCCCCCC/C=C\CCCCCCCC(=O)OC.CCCO. The summed E-state index contributed by atoms with van der Waals surface area (Å²) in [5.74, 6) is -0.0763. The van der Waals surface area contributed by atoms with Gasteiger partial charge in [0, 0.05) is 13.0 Å². The molecule has 0 fully saturated rings. The summed E-state index contributed by atoms with van der Waals surface area (Å²) in [6.07, 6.45) is 22.9. The summed E-state index contributed by atoms with van der Waals surface area (Å²) in [7, 11) is 1.46. The Kier molecular flexibility index (Phi) is 37.5. The number of rotatable bonds is 16. The molecule has 0 aliphatic heterocycles. The third kappa shape index (κ3) is 36.8. The van der Waals surface area contributed by atoms with Crippen LogP contribution in [-0.4, -0.2) is 24.8 Å². The van der Waals surface area contributed by atoms with E-state index in [0.29, 0.717) is 13.0 Å². The Morgan fingerprint density at radius 3 is 1.56 bits per heavy atom. The standard InChI is InChI=1S/C19H36O2.C3H8O.C2H6/c1-3-4-5-6-7-8-9-10-11-12-13-14-15-16-17-18-19(20)21-2;1-2-3-4;1-2/h10-11H,3-9,12-18H2,1-2H3;4H,2-3H2,1H3;1-2H3/b11-10-;;. The van der Waals surface area contributed by atoms with Crippen molar-refractivity contribution >= 4 is 5.97 Å². The topological polar surface area (TPSA) is 46.5 Å². The zero-order valence-electron chi connectivity index (χ0n) is 19.2. The van der Waals surface area contributed by atoms with E-state index in [2.05, 4.69) is 23.8 Å². The highest BCUT2D eigenvalue weighted by atomic mass is 16.5. The van der Waals surface area contributed by atoms with Gasteiger partial charge in [0.15, 0.2) is 0 Å². The Balaban J connectivity index is -0.000000841. The first-order valence-electron chi connectivity index (χ1n) is 11.6. The molecule has 0 atom stereocenters. The Bertz CT molecular complexity index is 273. The van der Waals surface area contributed by atoms with Crippen LogP contribution in [-0.2, 0) is 9.53 Å². The summed E-state index contributed by atoms with van der Waals surface area (Å²) in [6, 6.07) is 0. The molecule has 0 unspecified atom stereocenters. The van der Waals surface area contributed by atoms with Crippen LogP contribution in [0.1, 0.15) is 124 Å². The molecule has 0 radical (unpaired) electrons. The molecule has 3 heteroatoms. The van der Waals surface area contributed by atoms with Gasteiger partial charge >= 0.3 is 5.97 Å². The molecule has 1 N–H and O–H groups in total. The molecule has 3 nitrogen and oxygen atoms in total. The van der Waals surface area contributed by atoms with Crippen molar-refractivity contribution in [3.63, 3.8) is 0 Å². The van der Waals surface area contributed by atoms with Crippen molar-refractivity contribution in [3.05, 3.63) is 12.2 Å². The van der Waals surface area contributed by atoms with E-state index < -0.39 is 0 Å². The fraction of sp³-hybridized carbons (Fsp3) is 0.875. The van der Waals surface area contributed by atoms with Crippen molar-refractivity contribution in [1.29, 1.82) is 0 Å². The second-order valence-electron chi connectivity index (χ2n) is 6.63. The van der Waals surface area contributed by atoms with Crippen molar-refractivity contribution in [2.45, 2.75) is 124 Å². The first-order chi connectivity index (χ1) is 13.2. The average molecular weight is 387 g/mol. The molecule has 27 heavy (non-hydrogen) atoms. The van der Waals surface area contributed by atoms with Crippen LogP contribution in [0, 0.1) is 0 Å². The molecular formula is C24H50O3. The lowest BCUT2D eigenvalue weighted by molar-refractivity contribution is -0.140. The Hall–Kier alpha value is -0.830. The Morgan fingerprint density at radius 1 is 0.741 bits per heavy atom. The molecule has 0 amide bonds. The van der Waals surface area contributed by atoms with Crippen LogP contribution in [0.3, 0.4) is 0 Å². The fourth-order valence-corrected chi connectivity index (χ4v) is 2.44. The van der Waals surface area contributed by atoms with Crippen LogP contribution in [0.5, 0.6) is 0 Å². The number of carbonyl (C=O) groups is 1. The minimum atomic E-state index is -0.0763. The maximum absolute atomic E-state index is 10.9. The van der Waals surface area contributed by atoms with E-state index >= 15 is 0 Å². The Labute approximate surface area is 171 Å². The number of aliphatic hydroxyl groups is 1. The number of esters is 1. The molecule has 164 valence electrons. The lowest BCUT2D eigenvalue weighted by Crippen LogP contribution is -1.98. The minimum Gasteiger partial charge on any atom is -0.469 e. The molecule has 0 saturated heterocycles. The highest BCUT2D eigenvalue weighted by molar-refractivity contribution is 5.68. The van der Waals surface area contributed by atoms with Crippen molar-refractivity contribution in [2.24, 2.45) is 0 Å². The van der Waals surface area contributed by atoms with Gasteiger partial charge in [0.25, 0.3) is 0 Å². The molecule has 0 saturated carbocycles. The number of hydrogen-bond donors (Lipinski definition) is 1. The van der Waals surface area contributed by atoms with E-state index in [1.54, 1.807) is 0 Å². The van der Waals surface area contributed by atoms with Crippen LogP contribution in [0.4, 0.5) is 0 Å². The quantitative estimate of drug-likeness (QED) is 0.169. The van der Waals surface area contributed by atoms with Crippen molar-refractivity contribution in [2.75, 3.05) is 13.7 Å². The van der Waals surface area contributed by atoms with Crippen LogP contribution in [0.2, 0.25) is 0 Å². The molecule has 0 rings (SSSR count). The zero-order chi connectivity index (χ0) is 21.0. The molecule has 0 bridgehead atoms. The summed E-state index contributed by atoms with van der Waals surface area (Å²) in [6.45, 7) is 8.52. The van der Waals surface area contributed by atoms with Gasteiger partial charge in [0.2, 0.25) is 0 Å². The number of ether oxygens (including phenoxy) is 1. The van der Waals surface area contributed by atoms with Crippen LogP contribution in [0.25, 0.3) is 0 Å². The number of aliphatic hydroxyl groups excluding tert-OH is 1. The normalized spacial score (nSPS) is 10.0. The van der Waals surface area contributed by atoms with Gasteiger partial charge < -0.3 is 9.84 Å². The monoisotopic (exact) mass is 386 g/mol. The lowest BCUT2D eigenvalue weighted by atomic mass is 10.1. The molecule has 0 aromatic carbocycles. The van der Waals surface area contributed by atoms with Gasteiger partial charge in [-0.25, -0.2) is 0 Å². The first kappa shape index (κ1) is 30.9. The zero-order valence-corrected chi connectivity index (χ0v) is 19.2. The first-order valence-corrected chi connectivity index (χ1v) is 11.6. The highest BCUT2D eigenvalue weighted by Crippen LogP contribution is 2.10. The highest BCUT2D eigenvalue weighted by Gasteiger charge is 1.98. The van der Waals surface area contributed by atoms with Crippen LogP contribution < -0.4 is 0 Å². The number of hydrogen-bond acceptors (Lipinski definition) is 3. The number of allylic oxidation sites excluding steroid dienone is 2. The van der Waals surface area contributed by atoms with Crippen LogP contribution >= 0.6 is 0 Å². The second kappa shape index (κ2) is 32.8. The summed E-state index contributed by atoms with van der Waals surface area (Å²) in [5.41, 5.74) is 0. The van der Waals surface area contributed by atoms with Gasteiger partial charge in [0.05, 0.1) is 7.11 Å². The van der Waals surface area contributed by atoms with Gasteiger partial charge in [-0.2, -0.15) is 0 Å². The van der Waals surface area contributed by atoms with Crippen molar-refractivity contribution in [3.8, 4) is 0 Å². The van der Waals surface area contributed by atoms with E-state index in [1.807, 2.05) is 20.8 Å². The minimum absolute atomic E-state index is 0.0763. The predicted octanol–water partition coefficient (Wildman–Crippen LogP) is 7.61. The van der Waals surface area contributed by atoms with E-state index in [4.69, 9.17) is 5.11 Å². The molecule has 0 aromatic heterocycles. The third-order valence-electron chi connectivity index (χ3n) is 4.09. The Morgan fingerprint density at radius 2 is 1.15 bits per heavy atom. The molecule has 0 aliphatic carbocycles. The molecule has 0 heterocycles. The summed E-state index contributed by atoms with van der Waals surface area (Å²) >= 11 is 0. The fourth-order valence-electron chi connectivity index (χ4n) is 2.44. The van der Waals surface area contributed by atoms with Crippen molar-refractivity contribution in [1.82, 2.24) is 0 Å². The summed E-state index contributed by atoms with van der Waals surface area (Å²) in [4.78, 5) is 10.9. The van der Waals surface area contributed by atoms with E-state index in [9.17, 15) is 4.79 Å². The van der Waals surface area contributed by atoms with E-state index in [-0.39, 0.29) is 5.97 Å². The third-order valence-corrected chi connectivity index (χ3v) is 4.09. The molecule has 0 aromatic rings. The lowest BCUT2D eigenvalue weighted by Gasteiger charge is -2.00. The smallest absolute Gasteiger partial charge is 0.305 e. The number of unbranched alkanes of at least 4 members (excludes halogenated alkanes) is 11. The maximum atomic E-state index is 10.9. The van der Waals surface area contributed by atoms with E-state index in [1.165, 1.54) is 77.7 Å². The molecule has 0 aliphatic rings. The van der Waals surface area contributed by atoms with Gasteiger partial charge in [-0.05, 0) is 38.5 Å². The van der Waals surface area contributed by atoms with E-state index in [0.717, 1.165) is 19.3 Å². The van der Waals surface area contributed by atoms with Gasteiger partial charge in [-0.1, -0.05) is 91.2 Å². The maximum Gasteiger partial charge on any atom is 0.305 e. The summed E-state index contributed by atoms with van der Waals surface area (Å²) < 4.78 is 4.62. The van der Waals surface area contributed by atoms with Gasteiger partial charge in [-0.3, -0.25) is 4.79 Å². The average Bonchev–Trinajstić information content (AvgIpc) is 2.72. The second-order valence-corrected chi connectivity index (χ2v) is 6.63. The largest absolute Gasteiger partial charge is 0.469 e. The molecule has 0 spiro atoms. The summed E-state index contributed by atoms with van der Waals surface area (Å²) in [5, 5.41) is 7.88.